The van der Waals surface area contributed by atoms with Gasteiger partial charge >= 0.3 is 0 Å². The lowest BCUT2D eigenvalue weighted by Gasteiger charge is -2.41. The van der Waals surface area contributed by atoms with Gasteiger partial charge in [0.1, 0.15) is 0 Å². The van der Waals surface area contributed by atoms with Crippen molar-refractivity contribution >= 4 is 5.91 Å². The van der Waals surface area contributed by atoms with Gasteiger partial charge in [0.05, 0.1) is 5.54 Å². The minimum Gasteiger partial charge on any atom is -0.350 e. The van der Waals surface area contributed by atoms with Crippen LogP contribution in [0.1, 0.15) is 26.7 Å². The summed E-state index contributed by atoms with van der Waals surface area (Å²) in [5.74, 6) is 0.176. The molecule has 0 saturated carbocycles. The van der Waals surface area contributed by atoms with Crippen molar-refractivity contribution in [3.05, 3.63) is 0 Å². The van der Waals surface area contributed by atoms with Crippen molar-refractivity contribution in [2.75, 3.05) is 46.3 Å². The molecular formula is C14H28N4O. The van der Waals surface area contributed by atoms with Crippen LogP contribution in [0.15, 0.2) is 0 Å². The van der Waals surface area contributed by atoms with Gasteiger partial charge in [-0.25, -0.2) is 0 Å². The molecule has 5 heteroatoms. The highest BCUT2D eigenvalue weighted by Gasteiger charge is 2.36. The number of nitrogens with zero attached hydrogens (tertiary/aromatic N) is 2. The fraction of sp³-hybridized carbons (Fsp3) is 0.929. The van der Waals surface area contributed by atoms with Gasteiger partial charge in [-0.2, -0.15) is 0 Å². The molecule has 0 aromatic heterocycles. The Morgan fingerprint density at radius 3 is 2.58 bits per heavy atom. The van der Waals surface area contributed by atoms with Gasteiger partial charge in [-0.15, -0.1) is 0 Å². The number of piperidine rings is 1. The average Bonchev–Trinajstić information content (AvgIpc) is 2.39. The molecule has 2 N–H and O–H groups in total. The Morgan fingerprint density at radius 1 is 1.26 bits per heavy atom. The number of carbonyl (C=O) groups is 1. The van der Waals surface area contributed by atoms with Crippen LogP contribution in [0.4, 0.5) is 0 Å². The van der Waals surface area contributed by atoms with Gasteiger partial charge in [0.2, 0.25) is 5.91 Å². The summed E-state index contributed by atoms with van der Waals surface area (Å²) < 4.78 is 0. The molecule has 2 aliphatic heterocycles. The molecule has 0 aromatic rings. The molecule has 0 aliphatic carbocycles. The van der Waals surface area contributed by atoms with Crippen molar-refractivity contribution in [3.63, 3.8) is 0 Å². The Hall–Kier alpha value is -0.650. The second-order valence-corrected chi connectivity index (χ2v) is 6.37. The highest BCUT2D eigenvalue weighted by atomic mass is 16.2. The first-order chi connectivity index (χ1) is 9.00. The average molecular weight is 268 g/mol. The molecule has 2 aliphatic rings. The Balaban J connectivity index is 1.89. The molecule has 0 spiro atoms. The summed E-state index contributed by atoms with van der Waals surface area (Å²) in [6.45, 7) is 10.1. The van der Waals surface area contributed by atoms with E-state index in [4.69, 9.17) is 0 Å². The van der Waals surface area contributed by atoms with E-state index < -0.39 is 5.54 Å². The quantitative estimate of drug-likeness (QED) is 0.749. The lowest BCUT2D eigenvalue weighted by molar-refractivity contribution is -0.133. The molecule has 0 bridgehead atoms. The van der Waals surface area contributed by atoms with Gasteiger partial charge in [0, 0.05) is 38.8 Å². The maximum Gasteiger partial charge on any atom is 0.240 e. The maximum absolute atomic E-state index is 12.5. The normalized spacial score (nSPS) is 27.2. The molecule has 1 amide bonds. The number of hydrogen-bond donors (Lipinski definition) is 2. The zero-order valence-electron chi connectivity index (χ0n) is 12.5. The summed E-state index contributed by atoms with van der Waals surface area (Å²) in [5, 5.41) is 6.58. The van der Waals surface area contributed by atoms with Gasteiger partial charge < -0.3 is 15.5 Å². The number of hydrogen-bond acceptors (Lipinski definition) is 4. The zero-order chi connectivity index (χ0) is 13.9. The fourth-order valence-electron chi connectivity index (χ4n) is 3.01. The molecule has 1 atom stereocenters. The number of likely N-dealkylation sites (N-methyl/N-ethyl adjacent to an activating group) is 1. The van der Waals surface area contributed by atoms with E-state index in [0.717, 1.165) is 45.7 Å². The largest absolute Gasteiger partial charge is 0.350 e. The van der Waals surface area contributed by atoms with E-state index in [1.54, 1.807) is 0 Å². The van der Waals surface area contributed by atoms with E-state index in [0.29, 0.717) is 6.04 Å². The summed E-state index contributed by atoms with van der Waals surface area (Å²) in [6, 6.07) is 0.313. The van der Waals surface area contributed by atoms with Gasteiger partial charge in [-0.1, -0.05) is 0 Å². The third-order valence-electron chi connectivity index (χ3n) is 4.42. The van der Waals surface area contributed by atoms with Crippen LogP contribution in [-0.2, 0) is 4.79 Å². The molecule has 0 aromatic carbocycles. The Kier molecular flexibility index (Phi) is 4.81. The molecule has 0 radical (unpaired) electrons. The van der Waals surface area contributed by atoms with Crippen LogP contribution < -0.4 is 10.6 Å². The Labute approximate surface area is 116 Å². The lowest BCUT2D eigenvalue weighted by Crippen LogP contribution is -2.62. The minimum atomic E-state index is -0.405. The van der Waals surface area contributed by atoms with Crippen molar-refractivity contribution in [2.45, 2.75) is 38.3 Å². The Morgan fingerprint density at radius 2 is 1.95 bits per heavy atom. The first-order valence-electron chi connectivity index (χ1n) is 7.45. The number of rotatable bonds is 3. The third kappa shape index (κ3) is 3.68. The van der Waals surface area contributed by atoms with Crippen LogP contribution in [-0.4, -0.2) is 73.6 Å². The van der Waals surface area contributed by atoms with Gasteiger partial charge in [0.25, 0.3) is 0 Å². The van der Waals surface area contributed by atoms with Crippen LogP contribution in [0.25, 0.3) is 0 Å². The van der Waals surface area contributed by atoms with Gasteiger partial charge in [0.15, 0.2) is 0 Å². The van der Waals surface area contributed by atoms with Crippen molar-refractivity contribution in [2.24, 2.45) is 0 Å². The van der Waals surface area contributed by atoms with E-state index in [9.17, 15) is 4.79 Å². The molecule has 110 valence electrons. The standard InChI is InChI=1S/C14H28N4O/c1-14(2,18-9-6-15-7-10-18)13(19)16-12-5-4-8-17(3)11-12/h12,15H,4-11H2,1-3H3,(H,16,19). The molecule has 5 nitrogen and oxygen atoms in total. The number of amides is 1. The second kappa shape index (κ2) is 6.20. The highest BCUT2D eigenvalue weighted by Crippen LogP contribution is 2.17. The summed E-state index contributed by atoms with van der Waals surface area (Å²) in [5.41, 5.74) is -0.405. The number of piperazine rings is 1. The topological polar surface area (TPSA) is 47.6 Å². The van der Waals surface area contributed by atoms with Crippen LogP contribution >= 0.6 is 0 Å². The van der Waals surface area contributed by atoms with E-state index in [2.05, 4.69) is 27.5 Å². The minimum absolute atomic E-state index is 0.176. The Bertz CT molecular complexity index is 313. The summed E-state index contributed by atoms with van der Waals surface area (Å²) in [6.07, 6.45) is 2.28. The van der Waals surface area contributed by atoms with Crippen LogP contribution in [0, 0.1) is 0 Å². The zero-order valence-corrected chi connectivity index (χ0v) is 12.5. The molecule has 19 heavy (non-hydrogen) atoms. The van der Waals surface area contributed by atoms with Crippen LogP contribution in [0.3, 0.4) is 0 Å². The number of likely N-dealkylation sites (tertiary alicyclic amines) is 1. The van der Waals surface area contributed by atoms with E-state index in [-0.39, 0.29) is 5.91 Å². The summed E-state index contributed by atoms with van der Waals surface area (Å²) in [4.78, 5) is 17.1. The predicted molar refractivity (Wildman–Crippen MR) is 77.2 cm³/mol. The molecule has 2 rings (SSSR count). The molecular weight excluding hydrogens is 240 g/mol. The van der Waals surface area contributed by atoms with Crippen molar-refractivity contribution in [3.8, 4) is 0 Å². The SMILES string of the molecule is CN1CCCC(NC(=O)C(C)(C)N2CCNCC2)C1. The van der Waals surface area contributed by atoms with Gasteiger partial charge in [-0.3, -0.25) is 9.69 Å². The predicted octanol–water partition coefficient (Wildman–Crippen LogP) is -0.119. The maximum atomic E-state index is 12.5. The highest BCUT2D eigenvalue weighted by molar-refractivity contribution is 5.85. The van der Waals surface area contributed by atoms with E-state index in [1.807, 2.05) is 13.8 Å². The van der Waals surface area contributed by atoms with Crippen molar-refractivity contribution in [1.29, 1.82) is 0 Å². The van der Waals surface area contributed by atoms with Crippen LogP contribution in [0.5, 0.6) is 0 Å². The van der Waals surface area contributed by atoms with E-state index >= 15 is 0 Å². The number of nitrogens with one attached hydrogen (secondary N) is 2. The third-order valence-corrected chi connectivity index (χ3v) is 4.42. The second-order valence-electron chi connectivity index (χ2n) is 6.37. The first-order valence-corrected chi connectivity index (χ1v) is 7.45. The first kappa shape index (κ1) is 14.8. The van der Waals surface area contributed by atoms with Crippen molar-refractivity contribution in [1.82, 2.24) is 20.4 Å². The van der Waals surface area contributed by atoms with Crippen molar-refractivity contribution < 1.29 is 4.79 Å². The molecule has 1 unspecified atom stereocenters. The van der Waals surface area contributed by atoms with Crippen LogP contribution in [0.2, 0.25) is 0 Å². The molecule has 2 fully saturated rings. The summed E-state index contributed by atoms with van der Waals surface area (Å²) in [7, 11) is 2.12. The molecule has 2 heterocycles. The van der Waals surface area contributed by atoms with Gasteiger partial charge in [-0.05, 0) is 40.3 Å². The smallest absolute Gasteiger partial charge is 0.240 e. The summed E-state index contributed by atoms with van der Waals surface area (Å²) >= 11 is 0. The number of carbonyl (C=O) groups excluding carboxylic acids is 1. The molecule has 2 saturated heterocycles. The monoisotopic (exact) mass is 268 g/mol. The van der Waals surface area contributed by atoms with E-state index in [1.165, 1.54) is 6.42 Å². The lowest BCUT2D eigenvalue weighted by atomic mass is 9.98. The fourth-order valence-corrected chi connectivity index (χ4v) is 3.01.